The number of amides is 1. The average molecular weight is 310 g/mol. The maximum absolute atomic E-state index is 12.8. The number of ether oxygens (including phenoxy) is 1. The van der Waals surface area contributed by atoms with E-state index in [0.717, 1.165) is 17.0 Å². The molecule has 120 valence electrons. The number of anilines is 1. The first-order valence-electron chi connectivity index (χ1n) is 8.04. The third-order valence-corrected chi connectivity index (χ3v) is 3.94. The lowest BCUT2D eigenvalue weighted by atomic mass is 10.0. The molecule has 0 aromatic heterocycles. The molecule has 1 heterocycles. The Labute approximate surface area is 137 Å². The van der Waals surface area contributed by atoms with Crippen molar-refractivity contribution in [1.29, 1.82) is 0 Å². The molecule has 0 saturated heterocycles. The standard InChI is InChI=1S/C19H22N2O2/c1-4-21-18(15-10-6-8-12-17(15)23-13(2)3)20-16-11-7-5-9-14(16)19(21)22/h5-13,18,20H,4H2,1-3H3. The van der Waals surface area contributed by atoms with Crippen LogP contribution in [-0.4, -0.2) is 23.5 Å². The van der Waals surface area contributed by atoms with Crippen molar-refractivity contribution in [2.24, 2.45) is 0 Å². The zero-order valence-corrected chi connectivity index (χ0v) is 13.7. The molecule has 2 aromatic rings. The Kier molecular flexibility index (Phi) is 4.24. The molecule has 0 bridgehead atoms. The first-order valence-corrected chi connectivity index (χ1v) is 8.04. The van der Waals surface area contributed by atoms with Gasteiger partial charge in [-0.15, -0.1) is 0 Å². The smallest absolute Gasteiger partial charge is 0.257 e. The predicted molar refractivity (Wildman–Crippen MR) is 91.7 cm³/mol. The maximum Gasteiger partial charge on any atom is 0.257 e. The van der Waals surface area contributed by atoms with Gasteiger partial charge < -0.3 is 15.0 Å². The molecule has 4 nitrogen and oxygen atoms in total. The molecule has 2 aromatic carbocycles. The van der Waals surface area contributed by atoms with Crippen LogP contribution in [0.15, 0.2) is 48.5 Å². The minimum absolute atomic E-state index is 0.0474. The summed E-state index contributed by atoms with van der Waals surface area (Å²) in [4.78, 5) is 14.6. The Hall–Kier alpha value is -2.49. The van der Waals surface area contributed by atoms with Crippen LogP contribution >= 0.6 is 0 Å². The fourth-order valence-electron chi connectivity index (χ4n) is 2.93. The van der Waals surface area contributed by atoms with Crippen LogP contribution in [0.4, 0.5) is 5.69 Å². The van der Waals surface area contributed by atoms with Gasteiger partial charge in [-0.2, -0.15) is 0 Å². The lowest BCUT2D eigenvalue weighted by Gasteiger charge is -2.38. The van der Waals surface area contributed by atoms with E-state index in [9.17, 15) is 4.79 Å². The van der Waals surface area contributed by atoms with Crippen LogP contribution in [0, 0.1) is 0 Å². The first-order chi connectivity index (χ1) is 11.1. The van der Waals surface area contributed by atoms with Crippen LogP contribution in [0.3, 0.4) is 0 Å². The van der Waals surface area contributed by atoms with Crippen molar-refractivity contribution in [3.05, 3.63) is 59.7 Å². The number of rotatable bonds is 4. The number of benzene rings is 2. The van der Waals surface area contributed by atoms with Gasteiger partial charge in [0.15, 0.2) is 0 Å². The van der Waals surface area contributed by atoms with Crippen molar-refractivity contribution in [3.8, 4) is 5.75 Å². The van der Waals surface area contributed by atoms with Gasteiger partial charge in [-0.3, -0.25) is 4.79 Å². The number of carbonyl (C=O) groups excluding carboxylic acids is 1. The summed E-state index contributed by atoms with van der Waals surface area (Å²) >= 11 is 0. The Balaban J connectivity index is 2.04. The molecule has 1 N–H and O–H groups in total. The van der Waals surface area contributed by atoms with Crippen molar-refractivity contribution in [3.63, 3.8) is 0 Å². The summed E-state index contributed by atoms with van der Waals surface area (Å²) in [5.41, 5.74) is 2.56. The minimum atomic E-state index is -0.225. The summed E-state index contributed by atoms with van der Waals surface area (Å²) in [6, 6.07) is 15.5. The Bertz CT molecular complexity index is 712. The number of nitrogens with one attached hydrogen (secondary N) is 1. The van der Waals surface area contributed by atoms with Gasteiger partial charge in [0.2, 0.25) is 0 Å². The predicted octanol–water partition coefficient (Wildman–Crippen LogP) is 4.06. The molecule has 0 fully saturated rings. The second-order valence-corrected chi connectivity index (χ2v) is 5.89. The molecule has 1 atom stereocenters. The summed E-state index contributed by atoms with van der Waals surface area (Å²) in [6.07, 6.45) is -0.143. The van der Waals surface area contributed by atoms with Crippen molar-refractivity contribution in [2.45, 2.75) is 33.0 Å². The first kappa shape index (κ1) is 15.4. The van der Waals surface area contributed by atoms with Crippen molar-refractivity contribution in [1.82, 2.24) is 4.90 Å². The highest BCUT2D eigenvalue weighted by Crippen LogP contribution is 2.36. The van der Waals surface area contributed by atoms with E-state index in [0.29, 0.717) is 12.1 Å². The molecule has 0 radical (unpaired) electrons. The maximum atomic E-state index is 12.8. The Morgan fingerprint density at radius 2 is 1.83 bits per heavy atom. The van der Waals surface area contributed by atoms with Crippen LogP contribution in [0.25, 0.3) is 0 Å². The lowest BCUT2D eigenvalue weighted by molar-refractivity contribution is 0.0691. The summed E-state index contributed by atoms with van der Waals surface area (Å²) < 4.78 is 5.94. The Morgan fingerprint density at radius 3 is 2.57 bits per heavy atom. The molecule has 4 heteroatoms. The van der Waals surface area contributed by atoms with Gasteiger partial charge in [0.25, 0.3) is 5.91 Å². The van der Waals surface area contributed by atoms with Crippen LogP contribution in [0.5, 0.6) is 5.75 Å². The second kappa shape index (κ2) is 6.32. The largest absolute Gasteiger partial charge is 0.491 e. The van der Waals surface area contributed by atoms with E-state index in [1.54, 1.807) is 0 Å². The van der Waals surface area contributed by atoms with Gasteiger partial charge in [-0.25, -0.2) is 0 Å². The lowest BCUT2D eigenvalue weighted by Crippen LogP contribution is -2.42. The van der Waals surface area contributed by atoms with Crippen LogP contribution in [0.1, 0.15) is 42.9 Å². The molecule has 1 aliphatic rings. The van der Waals surface area contributed by atoms with Gasteiger partial charge >= 0.3 is 0 Å². The van der Waals surface area contributed by atoms with Gasteiger partial charge in [0, 0.05) is 17.8 Å². The molecule has 1 unspecified atom stereocenters. The van der Waals surface area contributed by atoms with Gasteiger partial charge in [-0.1, -0.05) is 30.3 Å². The number of fused-ring (bicyclic) bond motifs is 1. The molecule has 0 spiro atoms. The van der Waals surface area contributed by atoms with Crippen molar-refractivity contribution >= 4 is 11.6 Å². The average Bonchev–Trinajstić information content (AvgIpc) is 2.55. The highest BCUT2D eigenvalue weighted by Gasteiger charge is 2.33. The number of para-hydroxylation sites is 2. The molecule has 1 aliphatic heterocycles. The summed E-state index contributed by atoms with van der Waals surface area (Å²) in [6.45, 7) is 6.62. The molecule has 0 aliphatic carbocycles. The van der Waals surface area contributed by atoms with E-state index in [1.807, 2.05) is 74.2 Å². The monoisotopic (exact) mass is 310 g/mol. The number of hydrogen-bond acceptors (Lipinski definition) is 3. The molecular formula is C19H22N2O2. The number of nitrogens with zero attached hydrogens (tertiary/aromatic N) is 1. The van der Waals surface area contributed by atoms with Gasteiger partial charge in [0.1, 0.15) is 11.9 Å². The van der Waals surface area contributed by atoms with Crippen LogP contribution in [-0.2, 0) is 0 Å². The summed E-state index contributed by atoms with van der Waals surface area (Å²) in [7, 11) is 0. The highest BCUT2D eigenvalue weighted by molar-refractivity contribution is 6.01. The van der Waals surface area contributed by atoms with Crippen LogP contribution < -0.4 is 10.1 Å². The molecule has 0 saturated carbocycles. The molecule has 23 heavy (non-hydrogen) atoms. The quantitative estimate of drug-likeness (QED) is 0.926. The number of hydrogen-bond donors (Lipinski definition) is 1. The summed E-state index contributed by atoms with van der Waals surface area (Å²) in [5.74, 6) is 0.858. The fraction of sp³-hybridized carbons (Fsp3) is 0.316. The molecular weight excluding hydrogens is 288 g/mol. The Morgan fingerprint density at radius 1 is 1.13 bits per heavy atom. The van der Waals surface area contributed by atoms with E-state index in [2.05, 4.69) is 5.32 Å². The van der Waals surface area contributed by atoms with Gasteiger partial charge in [-0.05, 0) is 39.0 Å². The fourth-order valence-corrected chi connectivity index (χ4v) is 2.93. The third-order valence-electron chi connectivity index (χ3n) is 3.94. The van der Waals surface area contributed by atoms with E-state index >= 15 is 0 Å². The third kappa shape index (κ3) is 2.89. The zero-order valence-electron chi connectivity index (χ0n) is 13.7. The zero-order chi connectivity index (χ0) is 16.4. The van der Waals surface area contributed by atoms with Crippen LogP contribution in [0.2, 0.25) is 0 Å². The highest BCUT2D eigenvalue weighted by atomic mass is 16.5. The molecule has 1 amide bonds. The second-order valence-electron chi connectivity index (χ2n) is 5.89. The minimum Gasteiger partial charge on any atom is -0.491 e. The normalized spacial score (nSPS) is 17.0. The topological polar surface area (TPSA) is 41.6 Å². The number of carbonyl (C=O) groups is 1. The van der Waals surface area contributed by atoms with E-state index < -0.39 is 0 Å². The van der Waals surface area contributed by atoms with Crippen molar-refractivity contribution in [2.75, 3.05) is 11.9 Å². The van der Waals surface area contributed by atoms with E-state index in [-0.39, 0.29) is 18.2 Å². The van der Waals surface area contributed by atoms with E-state index in [1.165, 1.54) is 0 Å². The SMILES string of the molecule is CCN1C(=O)c2ccccc2NC1c1ccccc1OC(C)C. The molecule has 3 rings (SSSR count). The van der Waals surface area contributed by atoms with Gasteiger partial charge in [0.05, 0.1) is 11.7 Å². The van der Waals surface area contributed by atoms with E-state index in [4.69, 9.17) is 4.74 Å². The summed E-state index contributed by atoms with van der Waals surface area (Å²) in [5, 5.41) is 3.48. The van der Waals surface area contributed by atoms with Crippen molar-refractivity contribution < 1.29 is 9.53 Å².